The van der Waals surface area contributed by atoms with Crippen LogP contribution in [-0.4, -0.2) is 24.6 Å². The SMILES string of the molecule is NC(=O)CONC(=O)[C@H]1CCCC[C@H]1C(F)(F)F. The first kappa shape index (κ1) is 14.7. The van der Waals surface area contributed by atoms with E-state index in [0.717, 1.165) is 0 Å². The monoisotopic (exact) mass is 268 g/mol. The van der Waals surface area contributed by atoms with Crippen LogP contribution in [0.1, 0.15) is 25.7 Å². The predicted molar refractivity (Wildman–Crippen MR) is 54.8 cm³/mol. The summed E-state index contributed by atoms with van der Waals surface area (Å²) in [6.07, 6.45) is -3.27. The molecule has 1 fully saturated rings. The molecule has 104 valence electrons. The number of nitrogens with one attached hydrogen (secondary N) is 1. The van der Waals surface area contributed by atoms with Gasteiger partial charge in [0, 0.05) is 0 Å². The highest BCUT2D eigenvalue weighted by Crippen LogP contribution is 2.41. The number of halogens is 3. The Bertz CT molecular complexity index is 320. The lowest BCUT2D eigenvalue weighted by Gasteiger charge is -2.31. The summed E-state index contributed by atoms with van der Waals surface area (Å²) < 4.78 is 38.1. The molecule has 0 spiro atoms. The maximum absolute atomic E-state index is 12.7. The topological polar surface area (TPSA) is 81.4 Å². The van der Waals surface area contributed by atoms with Crippen LogP contribution in [0.25, 0.3) is 0 Å². The van der Waals surface area contributed by atoms with Gasteiger partial charge < -0.3 is 5.73 Å². The molecule has 1 aliphatic rings. The van der Waals surface area contributed by atoms with Crippen LogP contribution in [0.4, 0.5) is 13.2 Å². The highest BCUT2D eigenvalue weighted by Gasteiger charge is 2.48. The molecule has 1 saturated carbocycles. The maximum Gasteiger partial charge on any atom is 0.392 e. The van der Waals surface area contributed by atoms with Gasteiger partial charge in [0.25, 0.3) is 0 Å². The first-order valence-electron chi connectivity index (χ1n) is 5.59. The van der Waals surface area contributed by atoms with Crippen LogP contribution in [0.2, 0.25) is 0 Å². The number of amides is 2. The van der Waals surface area contributed by atoms with Crippen molar-refractivity contribution in [2.45, 2.75) is 31.9 Å². The number of hydroxylamine groups is 1. The number of hydrogen-bond acceptors (Lipinski definition) is 3. The molecule has 0 aromatic carbocycles. The zero-order chi connectivity index (χ0) is 13.8. The van der Waals surface area contributed by atoms with E-state index in [4.69, 9.17) is 5.73 Å². The van der Waals surface area contributed by atoms with Crippen molar-refractivity contribution in [1.82, 2.24) is 5.48 Å². The van der Waals surface area contributed by atoms with E-state index in [0.29, 0.717) is 12.8 Å². The number of rotatable bonds is 4. The summed E-state index contributed by atoms with van der Waals surface area (Å²) in [5.41, 5.74) is 6.60. The average Bonchev–Trinajstić information content (AvgIpc) is 2.27. The van der Waals surface area contributed by atoms with Gasteiger partial charge in [-0.2, -0.15) is 13.2 Å². The van der Waals surface area contributed by atoms with Gasteiger partial charge in [0.1, 0.15) is 0 Å². The van der Waals surface area contributed by atoms with E-state index >= 15 is 0 Å². The fourth-order valence-corrected chi connectivity index (χ4v) is 2.09. The van der Waals surface area contributed by atoms with E-state index in [-0.39, 0.29) is 12.8 Å². The van der Waals surface area contributed by atoms with Crippen LogP contribution in [-0.2, 0) is 14.4 Å². The fraction of sp³-hybridized carbons (Fsp3) is 0.800. The largest absolute Gasteiger partial charge is 0.392 e. The second-order valence-electron chi connectivity index (χ2n) is 4.26. The van der Waals surface area contributed by atoms with Crippen molar-refractivity contribution in [3.63, 3.8) is 0 Å². The summed E-state index contributed by atoms with van der Waals surface area (Å²) in [5.74, 6) is -4.47. The van der Waals surface area contributed by atoms with E-state index in [9.17, 15) is 22.8 Å². The summed E-state index contributed by atoms with van der Waals surface area (Å²) in [7, 11) is 0. The molecule has 0 unspecified atom stereocenters. The van der Waals surface area contributed by atoms with Crippen LogP contribution in [0.3, 0.4) is 0 Å². The second kappa shape index (κ2) is 6.03. The first-order valence-corrected chi connectivity index (χ1v) is 5.59. The van der Waals surface area contributed by atoms with Crippen LogP contribution < -0.4 is 11.2 Å². The van der Waals surface area contributed by atoms with Gasteiger partial charge in [-0.25, -0.2) is 5.48 Å². The highest BCUT2D eigenvalue weighted by molar-refractivity contribution is 5.79. The van der Waals surface area contributed by atoms with Crippen LogP contribution in [0.15, 0.2) is 0 Å². The minimum atomic E-state index is -4.40. The Hall–Kier alpha value is -1.31. The number of carbonyl (C=O) groups excluding carboxylic acids is 2. The van der Waals surface area contributed by atoms with Crippen LogP contribution in [0, 0.1) is 11.8 Å². The molecule has 0 aliphatic heterocycles. The normalized spacial score (nSPS) is 24.6. The smallest absolute Gasteiger partial charge is 0.368 e. The van der Waals surface area contributed by atoms with E-state index < -0.39 is 36.4 Å². The van der Waals surface area contributed by atoms with E-state index in [1.54, 1.807) is 0 Å². The van der Waals surface area contributed by atoms with Crippen molar-refractivity contribution in [1.29, 1.82) is 0 Å². The quantitative estimate of drug-likeness (QED) is 0.743. The van der Waals surface area contributed by atoms with Crippen LogP contribution in [0.5, 0.6) is 0 Å². The minimum absolute atomic E-state index is 0.0581. The van der Waals surface area contributed by atoms with Gasteiger partial charge in [-0.3, -0.25) is 14.4 Å². The summed E-state index contributed by atoms with van der Waals surface area (Å²) >= 11 is 0. The molecular weight excluding hydrogens is 253 g/mol. The Morgan fingerprint density at radius 3 is 2.44 bits per heavy atom. The van der Waals surface area contributed by atoms with Crippen molar-refractivity contribution in [3.8, 4) is 0 Å². The highest BCUT2D eigenvalue weighted by atomic mass is 19.4. The molecule has 3 N–H and O–H groups in total. The summed E-state index contributed by atoms with van der Waals surface area (Å²) in [6, 6.07) is 0. The molecule has 1 aliphatic carbocycles. The van der Waals surface area contributed by atoms with Crippen molar-refractivity contribution in [3.05, 3.63) is 0 Å². The number of primary amides is 1. The van der Waals surface area contributed by atoms with Gasteiger partial charge in [-0.05, 0) is 12.8 Å². The van der Waals surface area contributed by atoms with E-state index in [1.807, 2.05) is 5.48 Å². The Balaban J connectivity index is 2.55. The third kappa shape index (κ3) is 4.17. The standard InChI is InChI=1S/C10H15F3N2O3/c11-10(12,13)7-4-2-1-3-6(7)9(17)15-18-5-8(14)16/h6-7H,1-5H2,(H2,14,16)(H,15,17)/t6-,7+/m0/s1. The van der Waals surface area contributed by atoms with E-state index in [2.05, 4.69) is 4.84 Å². The Morgan fingerprint density at radius 2 is 1.89 bits per heavy atom. The first-order chi connectivity index (χ1) is 8.32. The Kier molecular flexibility index (Phi) is 4.94. The Morgan fingerprint density at radius 1 is 1.28 bits per heavy atom. The minimum Gasteiger partial charge on any atom is -0.368 e. The predicted octanol–water partition coefficient (Wildman–Crippen LogP) is 0.888. The summed E-state index contributed by atoms with van der Waals surface area (Å²) in [5, 5.41) is 0. The Labute approximate surface area is 102 Å². The molecule has 5 nitrogen and oxygen atoms in total. The zero-order valence-corrected chi connectivity index (χ0v) is 9.63. The molecule has 2 atom stereocenters. The van der Waals surface area contributed by atoms with Gasteiger partial charge >= 0.3 is 6.18 Å². The summed E-state index contributed by atoms with van der Waals surface area (Å²) in [6.45, 7) is -0.560. The van der Waals surface area contributed by atoms with Crippen molar-refractivity contribution in [2.24, 2.45) is 17.6 Å². The number of carbonyl (C=O) groups is 2. The third-order valence-electron chi connectivity index (χ3n) is 2.91. The van der Waals surface area contributed by atoms with Gasteiger partial charge in [0.15, 0.2) is 6.61 Å². The van der Waals surface area contributed by atoms with Gasteiger partial charge in [0.05, 0.1) is 11.8 Å². The average molecular weight is 268 g/mol. The number of alkyl halides is 3. The lowest BCUT2D eigenvalue weighted by atomic mass is 9.78. The molecular formula is C10H15F3N2O3. The molecule has 1 rings (SSSR count). The lowest BCUT2D eigenvalue weighted by molar-refractivity contribution is -0.201. The number of nitrogens with two attached hydrogens (primary N) is 1. The van der Waals surface area contributed by atoms with Gasteiger partial charge in [0.2, 0.25) is 11.8 Å². The molecule has 2 amide bonds. The molecule has 0 aromatic heterocycles. The van der Waals surface area contributed by atoms with Crippen molar-refractivity contribution >= 4 is 11.8 Å². The zero-order valence-electron chi connectivity index (χ0n) is 9.63. The number of hydrogen-bond donors (Lipinski definition) is 2. The van der Waals surface area contributed by atoms with Crippen molar-refractivity contribution in [2.75, 3.05) is 6.61 Å². The maximum atomic E-state index is 12.7. The summed E-state index contributed by atoms with van der Waals surface area (Å²) in [4.78, 5) is 26.3. The molecule has 0 aromatic rings. The van der Waals surface area contributed by atoms with E-state index in [1.165, 1.54) is 0 Å². The molecule has 0 saturated heterocycles. The molecule has 0 bridgehead atoms. The van der Waals surface area contributed by atoms with Crippen LogP contribution >= 0.6 is 0 Å². The molecule has 8 heteroatoms. The fourth-order valence-electron chi connectivity index (χ4n) is 2.09. The lowest BCUT2D eigenvalue weighted by Crippen LogP contribution is -2.43. The molecule has 18 heavy (non-hydrogen) atoms. The molecule has 0 heterocycles. The molecule has 0 radical (unpaired) electrons. The third-order valence-corrected chi connectivity index (χ3v) is 2.91. The van der Waals surface area contributed by atoms with Gasteiger partial charge in [-0.15, -0.1) is 0 Å². The van der Waals surface area contributed by atoms with Gasteiger partial charge in [-0.1, -0.05) is 12.8 Å². The second-order valence-corrected chi connectivity index (χ2v) is 4.26. The van der Waals surface area contributed by atoms with Crippen molar-refractivity contribution < 1.29 is 27.6 Å².